The third kappa shape index (κ3) is 1.76. The number of nitrogens with zero attached hydrogens (tertiary/aromatic N) is 1. The molecule has 0 saturated carbocycles. The molecule has 0 atom stereocenters. The van der Waals surface area contributed by atoms with Crippen LogP contribution in [0.1, 0.15) is 29.3 Å². The average molecular weight is 215 g/mol. The van der Waals surface area contributed by atoms with Crippen LogP contribution in [0.15, 0.2) is 30.5 Å². The fourth-order valence-corrected chi connectivity index (χ4v) is 1.90. The lowest BCUT2D eigenvalue weighted by Gasteiger charge is -2.07. The second-order valence-corrected chi connectivity index (χ2v) is 3.73. The van der Waals surface area contributed by atoms with Crippen molar-refractivity contribution in [2.24, 2.45) is 0 Å². The van der Waals surface area contributed by atoms with Crippen molar-refractivity contribution >= 4 is 16.9 Å². The average Bonchev–Trinajstić information content (AvgIpc) is 2.28. The molecule has 0 amide bonds. The fourth-order valence-electron chi connectivity index (χ4n) is 1.90. The second kappa shape index (κ2) is 4.31. The largest absolute Gasteiger partial charge is 0.478 e. The molecule has 1 N–H and O–H groups in total. The molecule has 0 unspecified atom stereocenters. The summed E-state index contributed by atoms with van der Waals surface area (Å²) in [4.78, 5) is 15.4. The molecule has 0 aliphatic rings. The summed E-state index contributed by atoms with van der Waals surface area (Å²) >= 11 is 0. The third-order valence-electron chi connectivity index (χ3n) is 2.59. The van der Waals surface area contributed by atoms with Gasteiger partial charge in [-0.25, -0.2) is 4.79 Å². The second-order valence-electron chi connectivity index (χ2n) is 3.73. The monoisotopic (exact) mass is 215 g/mol. The van der Waals surface area contributed by atoms with Crippen LogP contribution < -0.4 is 0 Å². The van der Waals surface area contributed by atoms with E-state index in [1.807, 2.05) is 31.2 Å². The molecule has 2 rings (SSSR count). The summed E-state index contributed by atoms with van der Waals surface area (Å²) in [6.45, 7) is 2.04. The Morgan fingerprint density at radius 1 is 1.38 bits per heavy atom. The molecule has 0 bridgehead atoms. The first-order valence-corrected chi connectivity index (χ1v) is 5.34. The van der Waals surface area contributed by atoms with E-state index in [1.54, 1.807) is 6.20 Å². The number of aryl methyl sites for hydroxylation is 1. The minimum absolute atomic E-state index is 0.347. The number of pyridine rings is 1. The lowest BCUT2D eigenvalue weighted by Crippen LogP contribution is -2.04. The van der Waals surface area contributed by atoms with Gasteiger partial charge in [0.05, 0.1) is 11.1 Å². The highest BCUT2D eigenvalue weighted by molar-refractivity contribution is 6.03. The summed E-state index contributed by atoms with van der Waals surface area (Å²) in [6, 6.07) is 7.51. The molecule has 1 heterocycles. The van der Waals surface area contributed by atoms with E-state index >= 15 is 0 Å². The van der Waals surface area contributed by atoms with Gasteiger partial charge in [0.2, 0.25) is 0 Å². The van der Waals surface area contributed by atoms with Crippen molar-refractivity contribution in [3.63, 3.8) is 0 Å². The summed E-state index contributed by atoms with van der Waals surface area (Å²) < 4.78 is 0. The van der Waals surface area contributed by atoms with Crippen LogP contribution in [-0.4, -0.2) is 16.1 Å². The van der Waals surface area contributed by atoms with E-state index in [1.165, 1.54) is 0 Å². The lowest BCUT2D eigenvalue weighted by molar-refractivity contribution is 0.0697. The number of fused-ring (bicyclic) bond motifs is 1. The Kier molecular flexibility index (Phi) is 2.86. The molecule has 3 nitrogen and oxygen atoms in total. The summed E-state index contributed by atoms with van der Waals surface area (Å²) in [5.41, 5.74) is 1.79. The number of carbonyl (C=O) groups is 1. The van der Waals surface area contributed by atoms with Gasteiger partial charge in [0.1, 0.15) is 0 Å². The van der Waals surface area contributed by atoms with E-state index < -0.39 is 5.97 Å². The van der Waals surface area contributed by atoms with Gasteiger partial charge in [0, 0.05) is 11.6 Å². The Morgan fingerprint density at radius 2 is 2.19 bits per heavy atom. The van der Waals surface area contributed by atoms with Crippen LogP contribution in [0.25, 0.3) is 10.9 Å². The van der Waals surface area contributed by atoms with Gasteiger partial charge in [-0.3, -0.25) is 4.98 Å². The molecule has 1 aromatic carbocycles. The molecule has 82 valence electrons. The molecule has 1 aromatic heterocycles. The Morgan fingerprint density at radius 3 is 2.88 bits per heavy atom. The smallest absolute Gasteiger partial charge is 0.338 e. The van der Waals surface area contributed by atoms with Crippen molar-refractivity contribution < 1.29 is 9.90 Å². The number of hydrogen-bond donors (Lipinski definition) is 1. The van der Waals surface area contributed by atoms with Crippen LogP contribution in [0.5, 0.6) is 0 Å². The molecule has 0 aliphatic carbocycles. The number of aromatic nitrogens is 1. The van der Waals surface area contributed by atoms with Crippen molar-refractivity contribution in [2.45, 2.75) is 19.8 Å². The van der Waals surface area contributed by atoms with Gasteiger partial charge in [-0.2, -0.15) is 0 Å². The maximum Gasteiger partial charge on any atom is 0.338 e. The van der Waals surface area contributed by atoms with Crippen LogP contribution in [0, 0.1) is 0 Å². The van der Waals surface area contributed by atoms with Crippen LogP contribution >= 0.6 is 0 Å². The molecule has 0 saturated heterocycles. The molecule has 0 spiro atoms. The van der Waals surface area contributed by atoms with Gasteiger partial charge in [-0.05, 0) is 18.1 Å². The summed E-state index contributed by atoms with van der Waals surface area (Å²) in [5.74, 6) is -0.896. The molecular weight excluding hydrogens is 202 g/mol. The van der Waals surface area contributed by atoms with Crippen LogP contribution in [0.2, 0.25) is 0 Å². The zero-order valence-electron chi connectivity index (χ0n) is 9.10. The van der Waals surface area contributed by atoms with E-state index in [9.17, 15) is 9.90 Å². The topological polar surface area (TPSA) is 50.2 Å². The normalized spacial score (nSPS) is 10.6. The molecule has 0 radical (unpaired) electrons. The van der Waals surface area contributed by atoms with Gasteiger partial charge in [-0.1, -0.05) is 31.5 Å². The highest BCUT2D eigenvalue weighted by atomic mass is 16.4. The first-order valence-electron chi connectivity index (χ1n) is 5.34. The van der Waals surface area contributed by atoms with Crippen LogP contribution in [-0.2, 0) is 6.42 Å². The van der Waals surface area contributed by atoms with E-state index in [0.29, 0.717) is 11.1 Å². The SMILES string of the molecule is CCCc1ccc2cccnc2c1C(=O)O. The first kappa shape index (κ1) is 10.6. The number of aromatic carboxylic acids is 1. The minimum Gasteiger partial charge on any atom is -0.478 e. The van der Waals surface area contributed by atoms with Crippen molar-refractivity contribution in [3.05, 3.63) is 41.6 Å². The van der Waals surface area contributed by atoms with Crippen molar-refractivity contribution in [1.82, 2.24) is 4.98 Å². The Bertz CT molecular complexity index is 534. The van der Waals surface area contributed by atoms with Crippen LogP contribution in [0.4, 0.5) is 0 Å². The molecule has 0 fully saturated rings. The number of carboxylic acids is 1. The Balaban J connectivity index is 2.73. The van der Waals surface area contributed by atoms with Crippen LogP contribution in [0.3, 0.4) is 0 Å². The summed E-state index contributed by atoms with van der Waals surface area (Å²) in [7, 11) is 0. The zero-order chi connectivity index (χ0) is 11.5. The minimum atomic E-state index is -0.896. The van der Waals surface area contributed by atoms with Crippen molar-refractivity contribution in [2.75, 3.05) is 0 Å². The highest BCUT2D eigenvalue weighted by Crippen LogP contribution is 2.21. The molecule has 0 aliphatic heterocycles. The van der Waals surface area contributed by atoms with E-state index in [2.05, 4.69) is 4.98 Å². The summed E-state index contributed by atoms with van der Waals surface area (Å²) in [6.07, 6.45) is 3.33. The van der Waals surface area contributed by atoms with Gasteiger partial charge in [-0.15, -0.1) is 0 Å². The maximum absolute atomic E-state index is 11.3. The lowest BCUT2D eigenvalue weighted by atomic mass is 9.99. The van der Waals surface area contributed by atoms with Crippen molar-refractivity contribution in [3.8, 4) is 0 Å². The molecule has 3 heteroatoms. The Hall–Kier alpha value is -1.90. The maximum atomic E-state index is 11.3. The predicted molar refractivity (Wildman–Crippen MR) is 62.7 cm³/mol. The predicted octanol–water partition coefficient (Wildman–Crippen LogP) is 2.89. The molecule has 16 heavy (non-hydrogen) atoms. The highest BCUT2D eigenvalue weighted by Gasteiger charge is 2.14. The quantitative estimate of drug-likeness (QED) is 0.856. The molecular formula is C13H13NO2. The van der Waals surface area contributed by atoms with Gasteiger partial charge >= 0.3 is 5.97 Å². The van der Waals surface area contributed by atoms with E-state index in [4.69, 9.17) is 0 Å². The summed E-state index contributed by atoms with van der Waals surface area (Å²) in [5, 5.41) is 10.1. The van der Waals surface area contributed by atoms with Gasteiger partial charge in [0.15, 0.2) is 0 Å². The van der Waals surface area contributed by atoms with E-state index in [0.717, 1.165) is 23.8 Å². The number of benzene rings is 1. The third-order valence-corrected chi connectivity index (χ3v) is 2.59. The zero-order valence-corrected chi connectivity index (χ0v) is 9.10. The van der Waals surface area contributed by atoms with Gasteiger partial charge < -0.3 is 5.11 Å². The number of hydrogen-bond acceptors (Lipinski definition) is 2. The Labute approximate surface area is 93.7 Å². The standard InChI is InChI=1S/C13H13NO2/c1-2-4-9-6-7-10-5-3-8-14-12(10)11(9)13(15)16/h3,5-8H,2,4H2,1H3,(H,15,16). The number of carboxylic acid groups (broad SMARTS) is 1. The number of rotatable bonds is 3. The molecule has 2 aromatic rings. The van der Waals surface area contributed by atoms with Crippen molar-refractivity contribution in [1.29, 1.82) is 0 Å². The fraction of sp³-hybridized carbons (Fsp3) is 0.231. The first-order chi connectivity index (χ1) is 7.74. The van der Waals surface area contributed by atoms with E-state index in [-0.39, 0.29) is 0 Å². The van der Waals surface area contributed by atoms with Gasteiger partial charge in [0.25, 0.3) is 0 Å².